The van der Waals surface area contributed by atoms with Gasteiger partial charge in [-0.2, -0.15) is 8.78 Å². The zero-order valence-electron chi connectivity index (χ0n) is 13.4. The molecule has 2 rings (SSSR count). The summed E-state index contributed by atoms with van der Waals surface area (Å²) in [6.07, 6.45) is 0. The van der Waals surface area contributed by atoms with Gasteiger partial charge in [-0.1, -0.05) is 11.6 Å². The Hall–Kier alpha value is -3.27. The molecule has 2 aromatic rings. The van der Waals surface area contributed by atoms with Crippen molar-refractivity contribution in [1.29, 1.82) is 0 Å². The van der Waals surface area contributed by atoms with E-state index in [4.69, 9.17) is 16.3 Å². The van der Waals surface area contributed by atoms with Crippen LogP contribution in [-0.4, -0.2) is 30.0 Å². The van der Waals surface area contributed by atoms with Gasteiger partial charge in [-0.3, -0.25) is 14.9 Å². The Morgan fingerprint density at radius 3 is 2.44 bits per heavy atom. The first-order chi connectivity index (χ1) is 12.8. The van der Waals surface area contributed by atoms with E-state index in [-0.39, 0.29) is 22.0 Å². The van der Waals surface area contributed by atoms with E-state index in [0.717, 1.165) is 18.2 Å². The number of esters is 1. The summed E-state index contributed by atoms with van der Waals surface area (Å²) in [6.45, 7) is -3.71. The van der Waals surface area contributed by atoms with Crippen LogP contribution in [-0.2, 0) is 9.53 Å². The highest BCUT2D eigenvalue weighted by Gasteiger charge is 2.18. The van der Waals surface area contributed by atoms with E-state index in [9.17, 15) is 28.5 Å². The van der Waals surface area contributed by atoms with Gasteiger partial charge >= 0.3 is 12.6 Å². The number of nitrogens with one attached hydrogen (secondary N) is 1. The number of hydrogen-bond acceptors (Lipinski definition) is 6. The molecule has 0 aliphatic carbocycles. The second-order valence-corrected chi connectivity index (χ2v) is 5.38. The van der Waals surface area contributed by atoms with Gasteiger partial charge in [0.15, 0.2) is 6.61 Å². The van der Waals surface area contributed by atoms with E-state index < -0.39 is 35.7 Å². The zero-order valence-corrected chi connectivity index (χ0v) is 14.1. The fourth-order valence-corrected chi connectivity index (χ4v) is 2.10. The average molecular weight is 401 g/mol. The molecular formula is C16H11ClF2N2O6. The molecule has 0 bridgehead atoms. The molecular weight excluding hydrogens is 390 g/mol. The fraction of sp³-hybridized carbons (Fsp3) is 0.125. The Labute approximate surface area is 155 Å². The summed E-state index contributed by atoms with van der Waals surface area (Å²) in [6, 6.07) is 8.29. The molecule has 0 unspecified atom stereocenters. The van der Waals surface area contributed by atoms with Gasteiger partial charge in [0, 0.05) is 11.1 Å². The maximum atomic E-state index is 12.1. The molecule has 0 aromatic heterocycles. The third-order valence-corrected chi connectivity index (χ3v) is 3.32. The Morgan fingerprint density at radius 2 is 1.85 bits per heavy atom. The van der Waals surface area contributed by atoms with E-state index in [0.29, 0.717) is 0 Å². The molecule has 1 N–H and O–H groups in total. The Morgan fingerprint density at radius 1 is 1.19 bits per heavy atom. The molecule has 27 heavy (non-hydrogen) atoms. The lowest BCUT2D eigenvalue weighted by molar-refractivity contribution is -0.383. The lowest BCUT2D eigenvalue weighted by Gasteiger charge is -2.08. The molecule has 0 heterocycles. The van der Waals surface area contributed by atoms with Crippen LogP contribution in [0, 0.1) is 10.1 Å². The fourth-order valence-electron chi connectivity index (χ4n) is 1.93. The molecule has 0 saturated carbocycles. The lowest BCUT2D eigenvalue weighted by atomic mass is 10.2. The first-order valence-electron chi connectivity index (χ1n) is 7.22. The van der Waals surface area contributed by atoms with Gasteiger partial charge in [0.05, 0.1) is 10.5 Å². The number of nitrogens with zero attached hydrogens (tertiary/aromatic N) is 1. The number of carbonyl (C=O) groups is 2. The van der Waals surface area contributed by atoms with Crippen molar-refractivity contribution in [1.82, 2.24) is 0 Å². The van der Waals surface area contributed by atoms with Crippen molar-refractivity contribution in [2.45, 2.75) is 6.61 Å². The summed E-state index contributed by atoms with van der Waals surface area (Å²) in [4.78, 5) is 33.9. The van der Waals surface area contributed by atoms with Crippen molar-refractivity contribution in [3.63, 3.8) is 0 Å². The number of nitro benzene ring substituents is 1. The number of ether oxygens (including phenoxy) is 2. The number of halogens is 3. The molecule has 0 atom stereocenters. The molecule has 1 amide bonds. The van der Waals surface area contributed by atoms with E-state index in [1.807, 2.05) is 0 Å². The summed E-state index contributed by atoms with van der Waals surface area (Å²) in [5.41, 5.74) is -0.530. The normalized spacial score (nSPS) is 10.4. The van der Waals surface area contributed by atoms with Gasteiger partial charge in [0.25, 0.3) is 11.6 Å². The first kappa shape index (κ1) is 20.0. The van der Waals surface area contributed by atoms with Gasteiger partial charge < -0.3 is 14.8 Å². The van der Waals surface area contributed by atoms with E-state index >= 15 is 0 Å². The smallest absolute Gasteiger partial charge is 0.387 e. The van der Waals surface area contributed by atoms with Crippen LogP contribution >= 0.6 is 11.6 Å². The van der Waals surface area contributed by atoms with E-state index in [1.54, 1.807) is 0 Å². The van der Waals surface area contributed by atoms with E-state index in [1.165, 1.54) is 24.3 Å². The Balaban J connectivity index is 1.94. The van der Waals surface area contributed by atoms with Gasteiger partial charge in [-0.25, -0.2) is 4.79 Å². The minimum Gasteiger partial charge on any atom is -0.452 e. The van der Waals surface area contributed by atoms with Crippen LogP contribution in [0.5, 0.6) is 5.75 Å². The number of benzene rings is 2. The molecule has 0 radical (unpaired) electrons. The number of rotatable bonds is 7. The summed E-state index contributed by atoms with van der Waals surface area (Å²) in [7, 11) is 0. The van der Waals surface area contributed by atoms with Crippen molar-refractivity contribution in [2.75, 3.05) is 11.9 Å². The number of hydrogen-bond donors (Lipinski definition) is 1. The van der Waals surface area contributed by atoms with Crippen LogP contribution in [0.3, 0.4) is 0 Å². The maximum Gasteiger partial charge on any atom is 0.387 e. The van der Waals surface area contributed by atoms with Crippen LogP contribution in [0.2, 0.25) is 5.02 Å². The quantitative estimate of drug-likeness (QED) is 0.432. The lowest BCUT2D eigenvalue weighted by Crippen LogP contribution is -2.21. The first-order valence-corrected chi connectivity index (χ1v) is 7.60. The maximum absolute atomic E-state index is 12.1. The predicted molar refractivity (Wildman–Crippen MR) is 90.1 cm³/mol. The van der Waals surface area contributed by atoms with Gasteiger partial charge in [0.1, 0.15) is 11.4 Å². The molecule has 0 fully saturated rings. The highest BCUT2D eigenvalue weighted by atomic mass is 35.5. The topological polar surface area (TPSA) is 108 Å². The average Bonchev–Trinajstić information content (AvgIpc) is 2.61. The molecule has 0 spiro atoms. The third kappa shape index (κ3) is 5.89. The van der Waals surface area contributed by atoms with Crippen LogP contribution < -0.4 is 10.1 Å². The van der Waals surface area contributed by atoms with Crippen molar-refractivity contribution in [3.8, 4) is 5.75 Å². The molecule has 0 saturated heterocycles. The Bertz CT molecular complexity index is 860. The number of nitro groups is 1. The van der Waals surface area contributed by atoms with Gasteiger partial charge in [-0.15, -0.1) is 0 Å². The molecule has 8 nitrogen and oxygen atoms in total. The minimum atomic E-state index is -3.00. The number of carbonyl (C=O) groups excluding carboxylic acids is 2. The van der Waals surface area contributed by atoms with Crippen molar-refractivity contribution in [2.24, 2.45) is 0 Å². The highest BCUT2D eigenvalue weighted by Crippen LogP contribution is 2.27. The van der Waals surface area contributed by atoms with Gasteiger partial charge in [-0.05, 0) is 36.4 Å². The summed E-state index contributed by atoms with van der Waals surface area (Å²) < 4.78 is 33.0. The monoisotopic (exact) mass is 400 g/mol. The third-order valence-electron chi connectivity index (χ3n) is 3.08. The molecule has 2 aromatic carbocycles. The second kappa shape index (κ2) is 8.90. The van der Waals surface area contributed by atoms with Crippen molar-refractivity contribution >= 4 is 34.9 Å². The number of alkyl halides is 2. The minimum absolute atomic E-state index is 0.00175. The summed E-state index contributed by atoms with van der Waals surface area (Å²) in [5.74, 6) is -1.85. The van der Waals surface area contributed by atoms with Gasteiger partial charge in [0.2, 0.25) is 0 Å². The van der Waals surface area contributed by atoms with Crippen molar-refractivity contribution in [3.05, 3.63) is 63.2 Å². The molecule has 0 aliphatic rings. The summed E-state index contributed by atoms with van der Waals surface area (Å²) >= 11 is 5.67. The van der Waals surface area contributed by atoms with Crippen LogP contribution in [0.4, 0.5) is 20.2 Å². The van der Waals surface area contributed by atoms with Crippen LogP contribution in [0.1, 0.15) is 10.4 Å². The SMILES string of the molecule is O=C(COC(=O)c1ccc(OC(F)F)cc1)Nc1ccc(Cl)cc1[N+](=O)[O-]. The van der Waals surface area contributed by atoms with Crippen LogP contribution in [0.25, 0.3) is 0 Å². The number of amides is 1. The van der Waals surface area contributed by atoms with Crippen molar-refractivity contribution < 1.29 is 32.8 Å². The van der Waals surface area contributed by atoms with Crippen LogP contribution in [0.15, 0.2) is 42.5 Å². The standard InChI is InChI=1S/C16H11ClF2N2O6/c17-10-3-6-12(13(7-10)21(24)25)20-14(22)8-26-15(23)9-1-4-11(5-2-9)27-16(18)19/h1-7,16H,8H2,(H,20,22). The highest BCUT2D eigenvalue weighted by molar-refractivity contribution is 6.31. The second-order valence-electron chi connectivity index (χ2n) is 4.95. The zero-order chi connectivity index (χ0) is 20.0. The predicted octanol–water partition coefficient (Wildman–Crippen LogP) is 3.65. The largest absolute Gasteiger partial charge is 0.452 e. The molecule has 11 heteroatoms. The molecule has 0 aliphatic heterocycles. The van der Waals surface area contributed by atoms with E-state index in [2.05, 4.69) is 10.1 Å². The Kier molecular flexibility index (Phi) is 6.61. The molecule has 142 valence electrons. The summed E-state index contributed by atoms with van der Waals surface area (Å²) in [5, 5.41) is 13.3. The number of anilines is 1.